The second kappa shape index (κ2) is 5.63. The van der Waals surface area contributed by atoms with Gasteiger partial charge in [-0.1, -0.05) is 48.5 Å². The maximum absolute atomic E-state index is 6.21. The number of benzene rings is 4. The van der Waals surface area contributed by atoms with Crippen molar-refractivity contribution in [3.05, 3.63) is 71.8 Å². The normalized spacial score (nSPS) is 11.7. The Kier molecular flexibility index (Phi) is 3.36. The second-order valence-corrected chi connectivity index (χ2v) is 7.64. The largest absolute Gasteiger partial charge is 0.408 e. The summed E-state index contributed by atoms with van der Waals surface area (Å²) in [4.78, 5) is 0. The van der Waals surface area contributed by atoms with Crippen LogP contribution in [0.2, 0.25) is 0 Å². The van der Waals surface area contributed by atoms with E-state index in [9.17, 15) is 0 Å². The van der Waals surface area contributed by atoms with Crippen LogP contribution >= 0.6 is 8.16 Å². The summed E-state index contributed by atoms with van der Waals surface area (Å²) < 4.78 is 12.2. The lowest BCUT2D eigenvalue weighted by molar-refractivity contribution is 0.645. The summed E-state index contributed by atoms with van der Waals surface area (Å²) in [6.07, 6.45) is 0. The topological polar surface area (TPSA) is 52.3 Å². The van der Waals surface area contributed by atoms with Crippen molar-refractivity contribution in [3.63, 3.8) is 0 Å². The molecule has 0 spiro atoms. The number of nitrogen functional groups attached to an aromatic ring is 1. The van der Waals surface area contributed by atoms with Crippen molar-refractivity contribution in [2.24, 2.45) is 0 Å². The summed E-state index contributed by atoms with van der Waals surface area (Å²) in [6.45, 7) is 4.13. The molecule has 128 valence electrons. The highest BCUT2D eigenvalue weighted by molar-refractivity contribution is 7.36. The van der Waals surface area contributed by atoms with Gasteiger partial charge >= 0.3 is 8.16 Å². The Labute approximate surface area is 151 Å². The maximum Gasteiger partial charge on any atom is 0.303 e. The molecule has 0 bridgehead atoms. The van der Waals surface area contributed by atoms with Crippen LogP contribution in [0.25, 0.3) is 43.5 Å². The molecule has 0 aliphatic heterocycles. The van der Waals surface area contributed by atoms with Gasteiger partial charge in [-0.3, -0.25) is 0 Å². The lowest BCUT2D eigenvalue weighted by atomic mass is 9.95. The monoisotopic (exact) mass is 359 g/mol. The fraction of sp³-hybridized carbons (Fsp3) is 0.0909. The second-order valence-electron chi connectivity index (χ2n) is 6.71. The molecule has 0 amide bonds. The van der Waals surface area contributed by atoms with Crippen LogP contribution in [0.5, 0.6) is 0 Å². The first kappa shape index (κ1) is 15.5. The minimum atomic E-state index is -1.53. The fourth-order valence-electron chi connectivity index (χ4n) is 3.87. The first-order valence-electron chi connectivity index (χ1n) is 8.59. The highest BCUT2D eigenvalue weighted by Crippen LogP contribution is 2.41. The lowest BCUT2D eigenvalue weighted by Crippen LogP contribution is -1.85. The third-order valence-electron chi connectivity index (χ3n) is 4.99. The number of rotatable bonds is 0. The van der Waals surface area contributed by atoms with E-state index in [4.69, 9.17) is 13.9 Å². The fourth-order valence-corrected chi connectivity index (χ4v) is 4.74. The minimum Gasteiger partial charge on any atom is -0.408 e. The molecule has 0 radical (unpaired) electrons. The Hall–Kier alpha value is -2.74. The average Bonchev–Trinajstić information content (AvgIpc) is 2.79. The van der Waals surface area contributed by atoms with Crippen LogP contribution in [0.4, 0.5) is 0 Å². The van der Waals surface area contributed by atoms with Crippen LogP contribution in [0.1, 0.15) is 11.1 Å². The smallest absolute Gasteiger partial charge is 0.303 e. The Morgan fingerprint density at radius 1 is 0.692 bits per heavy atom. The van der Waals surface area contributed by atoms with E-state index in [1.54, 1.807) is 0 Å². The number of hydrogen-bond donors (Lipinski definition) is 1. The molecule has 0 atom stereocenters. The SMILES string of the molecule is Cc1cc2ccccc2c2c1op(N)oc1c(C)cc3ccccc3c12. The van der Waals surface area contributed by atoms with Gasteiger partial charge in [0.25, 0.3) is 0 Å². The summed E-state index contributed by atoms with van der Waals surface area (Å²) in [5.41, 5.74) is 10.00. The molecular formula is C22H18NO2P. The Morgan fingerprint density at radius 3 is 1.58 bits per heavy atom. The summed E-state index contributed by atoms with van der Waals surface area (Å²) in [5, 5.41) is 6.83. The highest BCUT2D eigenvalue weighted by Gasteiger charge is 2.15. The van der Waals surface area contributed by atoms with Gasteiger partial charge in [-0.25, -0.2) is 5.50 Å². The van der Waals surface area contributed by atoms with Crippen molar-refractivity contribution in [2.45, 2.75) is 13.8 Å². The van der Waals surface area contributed by atoms with Gasteiger partial charge in [0.2, 0.25) is 0 Å². The van der Waals surface area contributed by atoms with Crippen molar-refractivity contribution >= 4 is 51.6 Å². The highest BCUT2D eigenvalue weighted by atomic mass is 31.1. The predicted molar refractivity (Wildman–Crippen MR) is 111 cm³/mol. The Balaban J connectivity index is 2.28. The minimum absolute atomic E-state index is 0.826. The van der Waals surface area contributed by atoms with E-state index in [0.29, 0.717) is 0 Å². The van der Waals surface area contributed by atoms with Gasteiger partial charge in [-0.2, -0.15) is 0 Å². The van der Waals surface area contributed by atoms with Gasteiger partial charge in [0, 0.05) is 10.8 Å². The summed E-state index contributed by atoms with van der Waals surface area (Å²) >= 11 is 0. The third-order valence-corrected chi connectivity index (χ3v) is 5.71. The molecule has 0 fully saturated rings. The van der Waals surface area contributed by atoms with Gasteiger partial charge in [0.05, 0.1) is 0 Å². The molecule has 5 aromatic rings. The molecular weight excluding hydrogens is 341 g/mol. The van der Waals surface area contributed by atoms with Crippen LogP contribution in [0.15, 0.2) is 69.1 Å². The van der Waals surface area contributed by atoms with Gasteiger partial charge in [0.15, 0.2) is 0 Å². The van der Waals surface area contributed by atoms with Gasteiger partial charge in [-0.05, 0) is 58.7 Å². The molecule has 0 aliphatic rings. The first-order chi connectivity index (χ1) is 12.6. The number of fused-ring (bicyclic) bond motifs is 7. The van der Waals surface area contributed by atoms with E-state index in [1.807, 2.05) is 0 Å². The van der Waals surface area contributed by atoms with Crippen molar-refractivity contribution < 1.29 is 8.39 Å². The van der Waals surface area contributed by atoms with E-state index in [2.05, 4.69) is 74.5 Å². The van der Waals surface area contributed by atoms with Crippen LogP contribution in [0, 0.1) is 13.8 Å². The molecule has 4 heteroatoms. The molecule has 0 saturated heterocycles. The average molecular weight is 359 g/mol. The van der Waals surface area contributed by atoms with E-state index < -0.39 is 8.16 Å². The number of aryl methyl sites for hydroxylation is 2. The Bertz CT molecular complexity index is 1260. The van der Waals surface area contributed by atoms with Gasteiger partial charge < -0.3 is 8.39 Å². The van der Waals surface area contributed by atoms with Crippen molar-refractivity contribution in [2.75, 3.05) is 5.50 Å². The molecule has 1 aromatic heterocycles. The molecule has 2 N–H and O–H groups in total. The van der Waals surface area contributed by atoms with Gasteiger partial charge in [-0.15, -0.1) is 0 Å². The summed E-state index contributed by atoms with van der Waals surface area (Å²) in [7, 11) is -1.53. The molecule has 3 nitrogen and oxygen atoms in total. The van der Waals surface area contributed by atoms with Crippen LogP contribution in [0.3, 0.4) is 0 Å². The van der Waals surface area contributed by atoms with Crippen LogP contribution in [-0.4, -0.2) is 0 Å². The molecule has 0 saturated carbocycles. The van der Waals surface area contributed by atoms with Crippen molar-refractivity contribution in [3.8, 4) is 0 Å². The van der Waals surface area contributed by atoms with E-state index in [1.165, 1.54) is 10.8 Å². The molecule has 5 rings (SSSR count). The molecule has 0 unspecified atom stereocenters. The lowest BCUT2D eigenvalue weighted by Gasteiger charge is -2.08. The first-order valence-corrected chi connectivity index (χ1v) is 9.84. The quantitative estimate of drug-likeness (QED) is 0.326. The Morgan fingerprint density at radius 2 is 1.12 bits per heavy atom. The maximum atomic E-state index is 6.21. The van der Waals surface area contributed by atoms with Crippen LogP contribution < -0.4 is 5.50 Å². The number of hydrogen-bond acceptors (Lipinski definition) is 3. The standard InChI is InChI=1S/C22H18NO2P/c1-13-11-15-7-3-5-9-17(15)19-20-18-10-6-4-8-16(18)12-14(2)22(20)25-26(23)24-21(13)19/h3-12H,23H2,1-2H3. The zero-order valence-electron chi connectivity index (χ0n) is 14.6. The van der Waals surface area contributed by atoms with Gasteiger partial charge in [0.1, 0.15) is 11.2 Å². The zero-order chi connectivity index (χ0) is 17.8. The third kappa shape index (κ3) is 2.18. The molecule has 4 aromatic carbocycles. The van der Waals surface area contributed by atoms with E-state index in [0.717, 1.165) is 43.8 Å². The van der Waals surface area contributed by atoms with E-state index in [-0.39, 0.29) is 0 Å². The summed E-state index contributed by atoms with van der Waals surface area (Å²) in [6, 6.07) is 21.1. The summed E-state index contributed by atoms with van der Waals surface area (Å²) in [5.74, 6) is 0. The number of nitrogens with two attached hydrogens (primary N) is 1. The predicted octanol–water partition coefficient (Wildman–Crippen LogP) is 6.93. The van der Waals surface area contributed by atoms with Crippen LogP contribution in [-0.2, 0) is 0 Å². The van der Waals surface area contributed by atoms with E-state index >= 15 is 0 Å². The van der Waals surface area contributed by atoms with Crippen molar-refractivity contribution in [1.82, 2.24) is 0 Å². The molecule has 26 heavy (non-hydrogen) atoms. The van der Waals surface area contributed by atoms with Crippen molar-refractivity contribution in [1.29, 1.82) is 0 Å². The molecule has 1 heterocycles. The molecule has 0 aliphatic carbocycles. The zero-order valence-corrected chi connectivity index (χ0v) is 15.5.